The lowest BCUT2D eigenvalue weighted by atomic mass is 9.44. The predicted molar refractivity (Wildman–Crippen MR) is 133 cm³/mol. The topological polar surface area (TPSA) is 98.0 Å². The molecule has 0 bridgehead atoms. The zero-order valence-corrected chi connectivity index (χ0v) is 22.1. The van der Waals surface area contributed by atoms with Gasteiger partial charge in [-0.25, -0.2) is 0 Å². The fourth-order valence-electron chi connectivity index (χ4n) is 9.15. The van der Waals surface area contributed by atoms with Crippen LogP contribution in [0.1, 0.15) is 86.5 Å². The Hall–Kier alpha value is -0.750. The summed E-state index contributed by atoms with van der Waals surface area (Å²) < 4.78 is 0. The first-order valence-electron chi connectivity index (χ1n) is 13.6. The van der Waals surface area contributed by atoms with Crippen LogP contribution in [0.15, 0.2) is 12.2 Å². The molecule has 4 N–H and O–H groups in total. The summed E-state index contributed by atoms with van der Waals surface area (Å²) in [5.41, 5.74) is 0.183. The first-order valence-corrected chi connectivity index (χ1v) is 13.6. The number of carbonyl (C=O) groups is 1. The summed E-state index contributed by atoms with van der Waals surface area (Å²) in [6.45, 7) is 16.8. The minimum absolute atomic E-state index is 0.0284. The third-order valence-corrected chi connectivity index (χ3v) is 11.4. The Balaban J connectivity index is 1.56. The number of rotatable bonds is 4. The van der Waals surface area contributed by atoms with Gasteiger partial charge in [0.15, 0.2) is 0 Å². The highest BCUT2D eigenvalue weighted by atomic mass is 16.3. The number of carbonyl (C=O) groups excluding carboxylic acids is 1. The molecule has 4 aliphatic rings. The van der Waals surface area contributed by atoms with Crippen LogP contribution in [-0.2, 0) is 4.79 Å². The standard InChI is InChI=1S/C29H48O5/c1-15(25(33)26(34)16(2)27(3,4)5)18-8-9-19-17-12-22(30)21-13-23(31)24(32)14-29(21,7)20(17)10-11-28(18,19)6/h15,17-21,23-26,31-34H,2,8-14H2,1,3-7H3/t15-,17?,18+,19?,20?,21?,23-,24+,25+,26+,28+,29+/m0/s1. The smallest absolute Gasteiger partial charge is 0.136 e. The molecular weight excluding hydrogens is 428 g/mol. The lowest BCUT2D eigenvalue weighted by Crippen LogP contribution is -2.59. The molecule has 0 heterocycles. The molecule has 12 atom stereocenters. The second-order valence-electron chi connectivity index (χ2n) is 14.0. The average Bonchev–Trinajstić information content (AvgIpc) is 3.10. The SMILES string of the molecule is C=C([C@@H](O)[C@H](O)[C@@H](C)[C@H]1CCC2C3CC(=O)C4C[C@H](O)[C@H](O)C[C@]4(C)C3CC[C@@]21C)C(C)(C)C. The van der Waals surface area contributed by atoms with Gasteiger partial charge >= 0.3 is 0 Å². The van der Waals surface area contributed by atoms with E-state index in [-0.39, 0.29) is 39.8 Å². The quantitative estimate of drug-likeness (QED) is 0.458. The third kappa shape index (κ3) is 3.93. The van der Waals surface area contributed by atoms with Crippen LogP contribution in [0.4, 0.5) is 0 Å². The van der Waals surface area contributed by atoms with Crippen LogP contribution in [0.3, 0.4) is 0 Å². The molecule has 0 aromatic carbocycles. The molecule has 34 heavy (non-hydrogen) atoms. The molecule has 0 aromatic rings. The number of ketones is 1. The maximum absolute atomic E-state index is 13.3. The summed E-state index contributed by atoms with van der Waals surface area (Å²) in [5, 5.41) is 42.9. The highest BCUT2D eigenvalue weighted by Crippen LogP contribution is 2.67. The van der Waals surface area contributed by atoms with Crippen molar-refractivity contribution in [3.63, 3.8) is 0 Å². The molecular formula is C29H48O5. The van der Waals surface area contributed by atoms with Crippen LogP contribution in [-0.4, -0.2) is 50.6 Å². The molecule has 4 aliphatic carbocycles. The van der Waals surface area contributed by atoms with Crippen LogP contribution in [0.2, 0.25) is 0 Å². The molecule has 4 fully saturated rings. The van der Waals surface area contributed by atoms with Crippen LogP contribution in [0.25, 0.3) is 0 Å². The molecule has 5 heteroatoms. The zero-order chi connectivity index (χ0) is 25.4. The molecule has 4 rings (SSSR count). The summed E-state index contributed by atoms with van der Waals surface area (Å²) in [6, 6.07) is 0. The molecule has 0 radical (unpaired) electrons. The zero-order valence-electron chi connectivity index (χ0n) is 22.1. The van der Waals surface area contributed by atoms with E-state index >= 15 is 0 Å². The highest BCUT2D eigenvalue weighted by Gasteiger charge is 2.63. The number of fused-ring (bicyclic) bond motifs is 5. The van der Waals surface area contributed by atoms with Crippen molar-refractivity contribution in [1.82, 2.24) is 0 Å². The maximum atomic E-state index is 13.3. The molecule has 194 valence electrons. The van der Waals surface area contributed by atoms with Crippen LogP contribution >= 0.6 is 0 Å². The number of aliphatic hydroxyl groups is 4. The monoisotopic (exact) mass is 476 g/mol. The normalized spacial score (nSPS) is 47.2. The van der Waals surface area contributed by atoms with Gasteiger partial charge in [0.1, 0.15) is 11.9 Å². The van der Waals surface area contributed by atoms with E-state index in [0.717, 1.165) is 25.7 Å². The van der Waals surface area contributed by atoms with Crippen molar-refractivity contribution in [3.8, 4) is 0 Å². The molecule has 0 saturated heterocycles. The van der Waals surface area contributed by atoms with Gasteiger partial charge in [-0.1, -0.05) is 48.1 Å². The second-order valence-corrected chi connectivity index (χ2v) is 14.0. The van der Waals surface area contributed by atoms with Gasteiger partial charge in [-0.05, 0) is 89.9 Å². The molecule has 4 unspecified atom stereocenters. The number of Topliss-reactive ketones (excluding diaryl/α,β-unsaturated/α-hetero) is 1. The maximum Gasteiger partial charge on any atom is 0.136 e. The summed E-state index contributed by atoms with van der Waals surface area (Å²) in [6.07, 6.45) is 2.28. The minimum atomic E-state index is -0.944. The summed E-state index contributed by atoms with van der Waals surface area (Å²) >= 11 is 0. The van der Waals surface area contributed by atoms with Crippen molar-refractivity contribution >= 4 is 5.78 Å². The van der Waals surface area contributed by atoms with Crippen molar-refractivity contribution < 1.29 is 25.2 Å². The number of aliphatic hydroxyl groups excluding tert-OH is 4. The van der Waals surface area contributed by atoms with E-state index in [0.29, 0.717) is 42.6 Å². The van der Waals surface area contributed by atoms with Gasteiger partial charge in [0.2, 0.25) is 0 Å². The van der Waals surface area contributed by atoms with Gasteiger partial charge in [0, 0.05) is 12.3 Å². The van der Waals surface area contributed by atoms with E-state index in [1.807, 2.05) is 20.8 Å². The molecule has 0 aliphatic heterocycles. The first kappa shape index (κ1) is 26.3. The van der Waals surface area contributed by atoms with Crippen molar-refractivity contribution in [3.05, 3.63) is 12.2 Å². The molecule has 0 spiro atoms. The fraction of sp³-hybridized carbons (Fsp3) is 0.897. The van der Waals surface area contributed by atoms with Gasteiger partial charge in [-0.3, -0.25) is 4.79 Å². The van der Waals surface area contributed by atoms with E-state index in [1.54, 1.807) is 0 Å². The van der Waals surface area contributed by atoms with Crippen molar-refractivity contribution in [2.45, 2.75) is 111 Å². The Morgan fingerprint density at radius 3 is 2.26 bits per heavy atom. The van der Waals surface area contributed by atoms with Gasteiger partial charge < -0.3 is 20.4 Å². The number of hydrogen-bond donors (Lipinski definition) is 4. The van der Waals surface area contributed by atoms with Crippen molar-refractivity contribution in [2.75, 3.05) is 0 Å². The van der Waals surface area contributed by atoms with Crippen LogP contribution < -0.4 is 0 Å². The summed E-state index contributed by atoms with van der Waals surface area (Å²) in [4.78, 5) is 13.3. The Labute approximate surface area is 206 Å². The lowest BCUT2D eigenvalue weighted by Gasteiger charge is -2.61. The van der Waals surface area contributed by atoms with Crippen molar-refractivity contribution in [1.29, 1.82) is 0 Å². The average molecular weight is 477 g/mol. The van der Waals surface area contributed by atoms with E-state index in [4.69, 9.17) is 0 Å². The summed E-state index contributed by atoms with van der Waals surface area (Å²) in [5.74, 6) is 1.46. The minimum Gasteiger partial charge on any atom is -0.390 e. The van der Waals surface area contributed by atoms with E-state index in [1.165, 1.54) is 0 Å². The summed E-state index contributed by atoms with van der Waals surface area (Å²) in [7, 11) is 0. The van der Waals surface area contributed by atoms with Gasteiger partial charge in [0.05, 0.1) is 18.3 Å². The molecule has 4 saturated carbocycles. The van der Waals surface area contributed by atoms with Crippen molar-refractivity contribution in [2.24, 2.45) is 51.8 Å². The van der Waals surface area contributed by atoms with Crippen LogP contribution in [0.5, 0.6) is 0 Å². The Bertz CT molecular complexity index is 816. The Morgan fingerprint density at radius 1 is 1.03 bits per heavy atom. The largest absolute Gasteiger partial charge is 0.390 e. The van der Waals surface area contributed by atoms with E-state index in [2.05, 4.69) is 27.4 Å². The lowest BCUT2D eigenvalue weighted by molar-refractivity contribution is -0.174. The van der Waals surface area contributed by atoms with Gasteiger partial charge in [0.25, 0.3) is 0 Å². The molecule has 5 nitrogen and oxygen atoms in total. The Morgan fingerprint density at radius 2 is 1.65 bits per heavy atom. The first-order chi connectivity index (χ1) is 15.6. The van der Waals surface area contributed by atoms with E-state index in [9.17, 15) is 25.2 Å². The molecule has 0 amide bonds. The second kappa shape index (κ2) is 8.68. The fourth-order valence-corrected chi connectivity index (χ4v) is 9.15. The third-order valence-electron chi connectivity index (χ3n) is 11.4. The highest BCUT2D eigenvalue weighted by molar-refractivity contribution is 5.83. The van der Waals surface area contributed by atoms with Crippen LogP contribution in [0, 0.1) is 51.8 Å². The van der Waals surface area contributed by atoms with Gasteiger partial charge in [-0.2, -0.15) is 0 Å². The Kier molecular flexibility index (Phi) is 6.72. The van der Waals surface area contributed by atoms with E-state index < -0.39 is 24.4 Å². The predicted octanol–water partition coefficient (Wildman–Crippen LogP) is 4.12. The number of hydrogen-bond acceptors (Lipinski definition) is 5. The van der Waals surface area contributed by atoms with Gasteiger partial charge in [-0.15, -0.1) is 0 Å². The molecule has 0 aromatic heterocycles.